The van der Waals surface area contributed by atoms with E-state index in [-0.39, 0.29) is 11.7 Å². The van der Waals surface area contributed by atoms with Gasteiger partial charge in [0.05, 0.1) is 6.54 Å². The highest BCUT2D eigenvalue weighted by Crippen LogP contribution is 2.34. The Labute approximate surface area is 106 Å². The van der Waals surface area contributed by atoms with Gasteiger partial charge in [-0.2, -0.15) is 0 Å². The van der Waals surface area contributed by atoms with Crippen LogP contribution in [0, 0.1) is 12.7 Å². The molecule has 0 fully saturated rings. The van der Waals surface area contributed by atoms with Crippen molar-refractivity contribution in [3.05, 3.63) is 58.8 Å². The van der Waals surface area contributed by atoms with Crippen LogP contribution in [0.15, 0.2) is 34.7 Å². The largest absolute Gasteiger partial charge is 0.465 e. The summed E-state index contributed by atoms with van der Waals surface area (Å²) in [6.07, 6.45) is 0. The minimum absolute atomic E-state index is 0.188. The molecule has 3 heteroatoms. The summed E-state index contributed by atoms with van der Waals surface area (Å²) in [6, 6.07) is 8.89. The molecule has 3 rings (SSSR count). The fraction of sp³-hybridized carbons (Fsp3) is 0.333. The van der Waals surface area contributed by atoms with Crippen molar-refractivity contribution in [2.75, 3.05) is 13.6 Å². The zero-order valence-electron chi connectivity index (χ0n) is 10.6. The van der Waals surface area contributed by atoms with Crippen LogP contribution < -0.4 is 0 Å². The molecule has 0 amide bonds. The fourth-order valence-corrected chi connectivity index (χ4v) is 2.70. The lowest BCUT2D eigenvalue weighted by molar-refractivity contribution is 0.260. The van der Waals surface area contributed by atoms with E-state index >= 15 is 0 Å². The van der Waals surface area contributed by atoms with Gasteiger partial charge in [-0.05, 0) is 37.7 Å². The summed E-state index contributed by atoms with van der Waals surface area (Å²) in [7, 11) is 2.08. The second-order valence-corrected chi connectivity index (χ2v) is 5.04. The van der Waals surface area contributed by atoms with Gasteiger partial charge in [-0.1, -0.05) is 12.1 Å². The smallest absolute Gasteiger partial charge is 0.123 e. The molecular weight excluding hydrogens is 229 g/mol. The predicted molar refractivity (Wildman–Crippen MR) is 68.0 cm³/mol. The van der Waals surface area contributed by atoms with Crippen molar-refractivity contribution < 1.29 is 8.81 Å². The van der Waals surface area contributed by atoms with Gasteiger partial charge in [-0.25, -0.2) is 4.39 Å². The lowest BCUT2D eigenvalue weighted by Crippen LogP contribution is -2.30. The number of fused-ring (bicyclic) bond motifs is 1. The first kappa shape index (κ1) is 11.5. The molecule has 0 saturated carbocycles. The van der Waals surface area contributed by atoms with Gasteiger partial charge >= 0.3 is 0 Å². The van der Waals surface area contributed by atoms with E-state index in [0.717, 1.165) is 30.2 Å². The summed E-state index contributed by atoms with van der Waals surface area (Å²) in [5, 5.41) is 0. The molecule has 0 saturated heterocycles. The minimum atomic E-state index is -0.188. The maximum Gasteiger partial charge on any atom is 0.123 e. The van der Waals surface area contributed by atoms with E-state index in [1.165, 1.54) is 17.7 Å². The molecule has 2 nitrogen and oxygen atoms in total. The van der Waals surface area contributed by atoms with E-state index in [0.29, 0.717) is 0 Å². The third-order valence-electron chi connectivity index (χ3n) is 3.52. The predicted octanol–water partition coefficient (Wildman–Crippen LogP) is 3.30. The van der Waals surface area contributed by atoms with Gasteiger partial charge in [0.15, 0.2) is 0 Å². The number of furan rings is 1. The van der Waals surface area contributed by atoms with Gasteiger partial charge in [0.2, 0.25) is 0 Å². The average Bonchev–Trinajstić information content (AvgIpc) is 2.69. The normalized spacial score (nSPS) is 19.8. The molecule has 1 atom stereocenters. The summed E-state index contributed by atoms with van der Waals surface area (Å²) < 4.78 is 18.7. The maximum atomic E-state index is 13.0. The van der Waals surface area contributed by atoms with Crippen LogP contribution in [0.1, 0.15) is 28.6 Å². The molecule has 0 radical (unpaired) electrons. The standard InChI is InChI=1S/C15H16FNO/c1-10-7-13-14(8-17(2)9-15(13)18-10)11-3-5-12(16)6-4-11/h3-7,14H,8-9H2,1-2H3. The molecule has 1 aliphatic heterocycles. The molecule has 0 aliphatic carbocycles. The lowest BCUT2D eigenvalue weighted by atomic mass is 9.88. The zero-order valence-corrected chi connectivity index (χ0v) is 10.6. The summed E-state index contributed by atoms with van der Waals surface area (Å²) in [4.78, 5) is 2.24. The number of hydrogen-bond donors (Lipinski definition) is 0. The van der Waals surface area contributed by atoms with Crippen LogP contribution in [-0.4, -0.2) is 18.5 Å². The van der Waals surface area contributed by atoms with Crippen molar-refractivity contribution in [3.63, 3.8) is 0 Å². The van der Waals surface area contributed by atoms with Gasteiger partial charge < -0.3 is 4.42 Å². The third-order valence-corrected chi connectivity index (χ3v) is 3.52. The highest BCUT2D eigenvalue weighted by atomic mass is 19.1. The van der Waals surface area contributed by atoms with Crippen LogP contribution >= 0.6 is 0 Å². The first-order valence-corrected chi connectivity index (χ1v) is 6.16. The number of aryl methyl sites for hydroxylation is 1. The summed E-state index contributed by atoms with van der Waals surface area (Å²) in [5.41, 5.74) is 2.39. The quantitative estimate of drug-likeness (QED) is 0.766. The van der Waals surface area contributed by atoms with Crippen molar-refractivity contribution in [2.24, 2.45) is 0 Å². The number of benzene rings is 1. The molecule has 0 spiro atoms. The lowest BCUT2D eigenvalue weighted by Gasteiger charge is -2.29. The Morgan fingerprint density at radius 3 is 2.72 bits per heavy atom. The Hall–Kier alpha value is -1.61. The van der Waals surface area contributed by atoms with Gasteiger partial charge in [0.25, 0.3) is 0 Å². The maximum absolute atomic E-state index is 13.0. The van der Waals surface area contributed by atoms with E-state index in [1.807, 2.05) is 19.1 Å². The number of halogens is 1. The molecule has 1 unspecified atom stereocenters. The summed E-state index contributed by atoms with van der Waals surface area (Å²) in [5.74, 6) is 2.07. The zero-order chi connectivity index (χ0) is 12.7. The fourth-order valence-electron chi connectivity index (χ4n) is 2.70. The molecule has 0 N–H and O–H groups in total. The Bertz CT molecular complexity index is 558. The van der Waals surface area contributed by atoms with Crippen LogP contribution in [0.5, 0.6) is 0 Å². The molecule has 1 aromatic carbocycles. The Kier molecular flexibility index (Phi) is 2.71. The molecule has 1 aliphatic rings. The van der Waals surface area contributed by atoms with E-state index in [4.69, 9.17) is 4.42 Å². The second kappa shape index (κ2) is 4.25. The summed E-state index contributed by atoms with van der Waals surface area (Å²) >= 11 is 0. The Balaban J connectivity index is 2.04. The van der Waals surface area contributed by atoms with Crippen LogP contribution in [0.2, 0.25) is 0 Å². The van der Waals surface area contributed by atoms with Gasteiger partial charge in [-0.15, -0.1) is 0 Å². The van der Waals surface area contributed by atoms with E-state index in [9.17, 15) is 4.39 Å². The number of rotatable bonds is 1. The number of likely N-dealkylation sites (N-methyl/N-ethyl adjacent to an activating group) is 1. The van der Waals surface area contributed by atoms with Crippen molar-refractivity contribution in [2.45, 2.75) is 19.4 Å². The summed E-state index contributed by atoms with van der Waals surface area (Å²) in [6.45, 7) is 3.76. The topological polar surface area (TPSA) is 16.4 Å². The van der Waals surface area contributed by atoms with Gasteiger partial charge in [0, 0.05) is 18.0 Å². The molecule has 2 aromatic rings. The van der Waals surface area contributed by atoms with Gasteiger partial charge in [0.1, 0.15) is 17.3 Å². The molecule has 94 valence electrons. The molecule has 2 heterocycles. The monoisotopic (exact) mass is 245 g/mol. The van der Waals surface area contributed by atoms with Crippen molar-refractivity contribution in [1.82, 2.24) is 4.90 Å². The Morgan fingerprint density at radius 2 is 2.00 bits per heavy atom. The van der Waals surface area contributed by atoms with Crippen LogP contribution in [0.4, 0.5) is 4.39 Å². The van der Waals surface area contributed by atoms with E-state index < -0.39 is 0 Å². The number of nitrogens with zero attached hydrogens (tertiary/aromatic N) is 1. The average molecular weight is 245 g/mol. The van der Waals surface area contributed by atoms with Crippen LogP contribution in [0.25, 0.3) is 0 Å². The minimum Gasteiger partial charge on any atom is -0.465 e. The molecule has 18 heavy (non-hydrogen) atoms. The first-order chi connectivity index (χ1) is 8.63. The van der Waals surface area contributed by atoms with Crippen LogP contribution in [0.3, 0.4) is 0 Å². The Morgan fingerprint density at radius 1 is 1.28 bits per heavy atom. The SMILES string of the molecule is Cc1cc2c(o1)CN(C)CC2c1ccc(F)cc1. The van der Waals surface area contributed by atoms with Crippen LogP contribution in [-0.2, 0) is 6.54 Å². The van der Waals surface area contributed by atoms with E-state index in [2.05, 4.69) is 18.0 Å². The van der Waals surface area contributed by atoms with Crippen molar-refractivity contribution >= 4 is 0 Å². The highest BCUT2D eigenvalue weighted by molar-refractivity contribution is 5.37. The van der Waals surface area contributed by atoms with Gasteiger partial charge in [-0.3, -0.25) is 4.90 Å². The van der Waals surface area contributed by atoms with E-state index in [1.54, 1.807) is 0 Å². The number of hydrogen-bond acceptors (Lipinski definition) is 2. The third kappa shape index (κ3) is 1.95. The molecule has 0 bridgehead atoms. The first-order valence-electron chi connectivity index (χ1n) is 6.16. The highest BCUT2D eigenvalue weighted by Gasteiger charge is 2.27. The van der Waals surface area contributed by atoms with Crippen molar-refractivity contribution in [3.8, 4) is 0 Å². The second-order valence-electron chi connectivity index (χ2n) is 5.04. The molecular formula is C15H16FNO. The molecule has 1 aromatic heterocycles. The van der Waals surface area contributed by atoms with Crippen molar-refractivity contribution in [1.29, 1.82) is 0 Å².